The van der Waals surface area contributed by atoms with Crippen molar-refractivity contribution < 1.29 is 24.9 Å². The summed E-state index contributed by atoms with van der Waals surface area (Å²) in [6.07, 6.45) is 9.72. The minimum absolute atomic E-state index is 0.127. The second-order valence-electron chi connectivity index (χ2n) is 6.41. The highest BCUT2D eigenvalue weighted by Crippen LogP contribution is 2.03. The van der Waals surface area contributed by atoms with Gasteiger partial charge in [0.2, 0.25) is 0 Å². The smallest absolute Gasteiger partial charge is 0.306 e. The van der Waals surface area contributed by atoms with E-state index in [1.54, 1.807) is 50.3 Å². The van der Waals surface area contributed by atoms with Crippen molar-refractivity contribution in [3.63, 3.8) is 0 Å². The summed E-state index contributed by atoms with van der Waals surface area (Å²) < 4.78 is 5.01. The zero-order valence-electron chi connectivity index (χ0n) is 17.0. The van der Waals surface area contributed by atoms with E-state index in [1.807, 2.05) is 6.92 Å². The highest BCUT2D eigenvalue weighted by Gasteiger charge is 2.06. The first-order chi connectivity index (χ1) is 13.3. The fourth-order valence-electron chi connectivity index (χ4n) is 1.86. The molecule has 3 atom stereocenters. The number of rotatable bonds is 10. The average molecular weight is 389 g/mol. The lowest BCUT2D eigenvalue weighted by atomic mass is 10.1. The number of carbonyl (C=O) groups is 1. The van der Waals surface area contributed by atoms with Crippen molar-refractivity contribution in [2.24, 2.45) is 0 Å². The number of aliphatic hydroxyl groups excluding tert-OH is 3. The Morgan fingerprint density at radius 3 is 2.46 bits per heavy atom. The van der Waals surface area contributed by atoms with Crippen molar-refractivity contribution in [1.29, 1.82) is 0 Å². The molecule has 0 rings (SSSR count). The SMILES string of the molecule is CCC(O)/C=C/C#CCC(O)/C=C/C=C/C#CC(O)CCCC(=O)OC(C)C. The van der Waals surface area contributed by atoms with Gasteiger partial charge < -0.3 is 20.1 Å². The summed E-state index contributed by atoms with van der Waals surface area (Å²) in [5.41, 5.74) is 0. The predicted molar refractivity (Wildman–Crippen MR) is 111 cm³/mol. The van der Waals surface area contributed by atoms with Crippen molar-refractivity contribution in [2.45, 2.75) is 77.3 Å². The van der Waals surface area contributed by atoms with Crippen LogP contribution in [0.5, 0.6) is 0 Å². The molecule has 0 aromatic rings. The molecule has 0 aromatic carbocycles. The molecule has 5 heteroatoms. The zero-order valence-corrected chi connectivity index (χ0v) is 17.0. The van der Waals surface area contributed by atoms with Gasteiger partial charge in [-0.05, 0) is 51.3 Å². The van der Waals surface area contributed by atoms with E-state index < -0.39 is 18.3 Å². The molecule has 3 unspecified atom stereocenters. The number of hydrogen-bond donors (Lipinski definition) is 3. The number of hydrogen-bond acceptors (Lipinski definition) is 5. The third kappa shape index (κ3) is 17.1. The van der Waals surface area contributed by atoms with Crippen LogP contribution in [-0.2, 0) is 9.53 Å². The molecule has 0 bridgehead atoms. The minimum atomic E-state index is -0.791. The molecule has 0 aliphatic carbocycles. The van der Waals surface area contributed by atoms with Crippen molar-refractivity contribution in [3.8, 4) is 23.7 Å². The quantitative estimate of drug-likeness (QED) is 0.304. The van der Waals surface area contributed by atoms with E-state index in [0.717, 1.165) is 0 Å². The lowest BCUT2D eigenvalue weighted by molar-refractivity contribution is -0.147. The van der Waals surface area contributed by atoms with Crippen molar-refractivity contribution in [3.05, 3.63) is 36.5 Å². The van der Waals surface area contributed by atoms with Gasteiger partial charge in [0.25, 0.3) is 0 Å². The molecule has 0 radical (unpaired) electrons. The monoisotopic (exact) mass is 388 g/mol. The van der Waals surface area contributed by atoms with Crippen LogP contribution in [0.2, 0.25) is 0 Å². The Labute approximate surface area is 168 Å². The van der Waals surface area contributed by atoms with Gasteiger partial charge >= 0.3 is 5.97 Å². The molecule has 0 aromatic heterocycles. The van der Waals surface area contributed by atoms with Gasteiger partial charge in [-0.2, -0.15) is 0 Å². The first-order valence-corrected chi connectivity index (χ1v) is 9.58. The second-order valence-corrected chi connectivity index (χ2v) is 6.41. The van der Waals surface area contributed by atoms with Crippen molar-refractivity contribution >= 4 is 5.97 Å². The van der Waals surface area contributed by atoms with Crippen LogP contribution in [0, 0.1) is 23.7 Å². The minimum Gasteiger partial charge on any atom is -0.463 e. The molecule has 28 heavy (non-hydrogen) atoms. The Balaban J connectivity index is 4.05. The highest BCUT2D eigenvalue weighted by atomic mass is 16.5. The molecule has 0 fully saturated rings. The van der Waals surface area contributed by atoms with Gasteiger partial charge in [-0.1, -0.05) is 48.8 Å². The molecule has 3 N–H and O–H groups in total. The number of carbonyl (C=O) groups excluding carboxylic acids is 1. The largest absolute Gasteiger partial charge is 0.463 e. The summed E-state index contributed by atoms with van der Waals surface area (Å²) in [5.74, 6) is 10.7. The van der Waals surface area contributed by atoms with Crippen LogP contribution in [0.25, 0.3) is 0 Å². The Hall–Kier alpha value is -2.31. The van der Waals surface area contributed by atoms with E-state index in [1.165, 1.54) is 0 Å². The van der Waals surface area contributed by atoms with Crippen molar-refractivity contribution in [1.82, 2.24) is 0 Å². The van der Waals surface area contributed by atoms with Crippen LogP contribution in [0.1, 0.15) is 52.9 Å². The van der Waals surface area contributed by atoms with Crippen LogP contribution < -0.4 is 0 Å². The van der Waals surface area contributed by atoms with Gasteiger partial charge in [-0.25, -0.2) is 0 Å². The first kappa shape index (κ1) is 25.7. The normalized spacial score (nSPS) is 14.5. The molecule has 5 nitrogen and oxygen atoms in total. The number of ether oxygens (including phenoxy) is 1. The number of aliphatic hydroxyl groups is 3. The lowest BCUT2D eigenvalue weighted by Gasteiger charge is -2.07. The predicted octanol–water partition coefficient (Wildman–Crippen LogP) is 2.67. The van der Waals surface area contributed by atoms with Crippen LogP contribution in [0.15, 0.2) is 36.5 Å². The van der Waals surface area contributed by atoms with Gasteiger partial charge in [0.15, 0.2) is 0 Å². The van der Waals surface area contributed by atoms with Crippen LogP contribution in [0.3, 0.4) is 0 Å². The van der Waals surface area contributed by atoms with E-state index in [-0.39, 0.29) is 18.5 Å². The van der Waals surface area contributed by atoms with E-state index in [2.05, 4.69) is 23.7 Å². The van der Waals surface area contributed by atoms with Gasteiger partial charge in [-0.3, -0.25) is 4.79 Å². The molecule has 0 amide bonds. The molecule has 0 saturated heterocycles. The maximum absolute atomic E-state index is 11.4. The Kier molecular flexibility index (Phi) is 15.4. The van der Waals surface area contributed by atoms with Crippen LogP contribution in [0.4, 0.5) is 0 Å². The highest BCUT2D eigenvalue weighted by molar-refractivity contribution is 5.69. The fraction of sp³-hybridized carbons (Fsp3) is 0.522. The Morgan fingerprint density at radius 1 is 1.04 bits per heavy atom. The fourth-order valence-corrected chi connectivity index (χ4v) is 1.86. The summed E-state index contributed by atoms with van der Waals surface area (Å²) in [5, 5.41) is 28.8. The maximum atomic E-state index is 11.4. The van der Waals surface area contributed by atoms with Gasteiger partial charge in [0.05, 0.1) is 18.3 Å². The van der Waals surface area contributed by atoms with Crippen molar-refractivity contribution in [2.75, 3.05) is 0 Å². The molecule has 0 aliphatic heterocycles. The lowest BCUT2D eigenvalue weighted by Crippen LogP contribution is -2.12. The zero-order chi connectivity index (χ0) is 21.2. The number of esters is 1. The second kappa shape index (κ2) is 16.8. The van der Waals surface area contributed by atoms with Crippen LogP contribution >= 0.6 is 0 Å². The first-order valence-electron chi connectivity index (χ1n) is 9.58. The molecular weight excluding hydrogens is 356 g/mol. The Morgan fingerprint density at radius 2 is 1.79 bits per heavy atom. The molecular formula is C23H32O5. The van der Waals surface area contributed by atoms with E-state index in [0.29, 0.717) is 25.7 Å². The van der Waals surface area contributed by atoms with E-state index in [4.69, 9.17) is 4.74 Å². The average Bonchev–Trinajstić information content (AvgIpc) is 2.63. The summed E-state index contributed by atoms with van der Waals surface area (Å²) in [6, 6.07) is 0. The summed E-state index contributed by atoms with van der Waals surface area (Å²) in [4.78, 5) is 11.4. The maximum Gasteiger partial charge on any atom is 0.306 e. The summed E-state index contributed by atoms with van der Waals surface area (Å²) >= 11 is 0. The third-order valence-corrected chi connectivity index (χ3v) is 3.33. The number of allylic oxidation sites excluding steroid dienone is 4. The van der Waals surface area contributed by atoms with Gasteiger partial charge in [0.1, 0.15) is 6.10 Å². The van der Waals surface area contributed by atoms with E-state index in [9.17, 15) is 20.1 Å². The molecule has 0 saturated carbocycles. The van der Waals surface area contributed by atoms with Gasteiger partial charge in [-0.15, -0.1) is 0 Å². The molecule has 0 aliphatic rings. The van der Waals surface area contributed by atoms with Crippen LogP contribution in [-0.4, -0.2) is 45.7 Å². The summed E-state index contributed by atoms with van der Waals surface area (Å²) in [7, 11) is 0. The molecule has 154 valence electrons. The third-order valence-electron chi connectivity index (χ3n) is 3.33. The molecule has 0 spiro atoms. The molecule has 0 heterocycles. The Bertz CT molecular complexity index is 637. The topological polar surface area (TPSA) is 87.0 Å². The van der Waals surface area contributed by atoms with E-state index >= 15 is 0 Å². The summed E-state index contributed by atoms with van der Waals surface area (Å²) in [6.45, 7) is 5.47. The standard InChI is InChI=1S/C23H32O5/c1-4-20(24)13-10-7-11-16-21(25)14-8-5-6-9-15-22(26)17-12-18-23(27)28-19(2)3/h5-6,8,10,13-14,19-22,24-26H,4,12,16-18H2,1-3H3/b6-5+,13-10+,14-8+. The van der Waals surface area contributed by atoms with Gasteiger partial charge in [0, 0.05) is 12.8 Å².